The van der Waals surface area contributed by atoms with Crippen molar-refractivity contribution >= 4 is 61.2 Å². The van der Waals surface area contributed by atoms with Crippen molar-refractivity contribution in [2.45, 2.75) is 0 Å². The summed E-state index contributed by atoms with van der Waals surface area (Å²) in [5.74, 6) is 0. The van der Waals surface area contributed by atoms with Gasteiger partial charge in [0.1, 0.15) is 0 Å². The van der Waals surface area contributed by atoms with E-state index in [2.05, 4.69) is 0 Å². The summed E-state index contributed by atoms with van der Waals surface area (Å²) in [7, 11) is -2.62. The molecule has 0 amide bonds. The Bertz CT molecular complexity index is 2640. The van der Waals surface area contributed by atoms with Crippen molar-refractivity contribution in [1.29, 1.82) is 0 Å². The SMILES string of the molecule is [2H]c1c([2H])c([2H])c(-c2c([2H])c([2H])c([2H])c([2H])c2N(c2cc([2H])c3sc4c([2H])c([2H])c([2H])c([2H])c4c3c2[2H])c2c([2H])c([2H])c([2H])c(B(O)O)c2[2H])c([2H])c1[2H]. The average Bonchev–Trinajstić information content (AvgIpc) is 3.54. The van der Waals surface area contributed by atoms with Crippen molar-refractivity contribution in [3.05, 3.63) is 121 Å². The first-order valence-corrected chi connectivity index (χ1v) is 10.8. The number of para-hydroxylation sites is 1. The molecule has 0 aliphatic heterocycles. The lowest BCUT2D eigenvalue weighted by Crippen LogP contribution is -2.30. The van der Waals surface area contributed by atoms with Crippen molar-refractivity contribution < 1.29 is 36.1 Å². The van der Waals surface area contributed by atoms with Crippen molar-refractivity contribution in [2.24, 2.45) is 0 Å². The van der Waals surface area contributed by atoms with Gasteiger partial charge in [0.25, 0.3) is 0 Å². The average molecular weight is 491 g/mol. The van der Waals surface area contributed by atoms with Gasteiger partial charge < -0.3 is 14.9 Å². The monoisotopic (exact) mass is 490 g/mol. The summed E-state index contributed by atoms with van der Waals surface area (Å²) in [6.45, 7) is 0. The van der Waals surface area contributed by atoms with Gasteiger partial charge in [-0.15, -0.1) is 11.3 Å². The Labute approximate surface area is 235 Å². The first-order valence-electron chi connectivity index (χ1n) is 19.5. The molecule has 0 spiro atoms. The van der Waals surface area contributed by atoms with Crippen LogP contribution in [0.3, 0.4) is 0 Å². The van der Waals surface area contributed by atoms with Gasteiger partial charge in [0.15, 0.2) is 0 Å². The lowest BCUT2D eigenvalue weighted by Gasteiger charge is -2.28. The third kappa shape index (κ3) is 4.00. The Balaban J connectivity index is 1.95. The number of benzene rings is 5. The highest BCUT2D eigenvalue weighted by Gasteiger charge is 2.20. The van der Waals surface area contributed by atoms with Gasteiger partial charge in [-0.2, -0.15) is 0 Å². The van der Waals surface area contributed by atoms with E-state index in [-0.39, 0.29) is 20.2 Å². The first kappa shape index (κ1) is 9.28. The molecule has 0 saturated carbocycles. The molecule has 0 aliphatic carbocycles. The zero-order chi connectivity index (χ0) is 40.3. The number of thiophene rings is 1. The second-order valence-electron chi connectivity index (χ2n) is 7.00. The normalized spacial score (nSPS) is 18.7. The molecule has 2 N–H and O–H groups in total. The minimum absolute atomic E-state index is 0.0298. The smallest absolute Gasteiger partial charge is 0.423 e. The summed E-state index contributed by atoms with van der Waals surface area (Å²) in [6, 6.07) is -15.3. The van der Waals surface area contributed by atoms with Crippen LogP contribution in [0.2, 0.25) is 0 Å². The molecule has 1 heterocycles. The van der Waals surface area contributed by atoms with Gasteiger partial charge in [-0.25, -0.2) is 0 Å². The van der Waals surface area contributed by atoms with E-state index in [9.17, 15) is 11.4 Å². The minimum atomic E-state index is -2.62. The van der Waals surface area contributed by atoms with Gasteiger partial charge >= 0.3 is 7.12 Å². The highest BCUT2D eigenvalue weighted by atomic mass is 32.1. The molecule has 0 bridgehead atoms. The van der Waals surface area contributed by atoms with Gasteiger partial charge in [-0.1, -0.05) is 78.6 Å². The maximum Gasteiger partial charge on any atom is 0.488 e. The van der Waals surface area contributed by atoms with Crippen LogP contribution in [0.4, 0.5) is 17.1 Å². The molecule has 3 nitrogen and oxygen atoms in total. The molecule has 5 aromatic carbocycles. The molecule has 35 heavy (non-hydrogen) atoms. The van der Waals surface area contributed by atoms with E-state index in [0.717, 1.165) is 17.4 Å². The Morgan fingerprint density at radius 3 is 2.26 bits per heavy atom. The van der Waals surface area contributed by atoms with Crippen molar-refractivity contribution in [3.8, 4) is 11.1 Å². The van der Waals surface area contributed by atoms with Crippen LogP contribution in [0, 0.1) is 0 Å². The molecule has 0 radical (unpaired) electrons. The van der Waals surface area contributed by atoms with E-state index < -0.39 is 156 Å². The third-order valence-electron chi connectivity index (χ3n) is 4.92. The number of rotatable bonds is 5. The van der Waals surface area contributed by atoms with Gasteiger partial charge in [0.05, 0.1) is 31.7 Å². The molecule has 0 saturated heterocycles. The Kier molecular flexibility index (Phi) is 2.40. The van der Waals surface area contributed by atoms with Gasteiger partial charge in [-0.3, -0.25) is 0 Å². The van der Waals surface area contributed by atoms with Crippen molar-refractivity contribution in [2.75, 3.05) is 4.90 Å². The molecule has 0 fully saturated rings. The lowest BCUT2D eigenvalue weighted by atomic mass is 9.80. The number of hydrogen-bond acceptors (Lipinski definition) is 4. The molecular weight excluding hydrogens is 449 g/mol. The maximum atomic E-state index is 10.2. The quantitative estimate of drug-likeness (QED) is 0.259. The number of nitrogens with zero attached hydrogens (tertiary/aromatic N) is 1. The summed E-state index contributed by atoms with van der Waals surface area (Å²) < 4.78 is 164. The van der Waals surface area contributed by atoms with E-state index in [1.165, 1.54) is 0 Å². The summed E-state index contributed by atoms with van der Waals surface area (Å²) in [6.07, 6.45) is 0. The van der Waals surface area contributed by atoms with E-state index in [0.29, 0.717) is 4.90 Å². The van der Waals surface area contributed by atoms with E-state index in [1.54, 1.807) is 0 Å². The van der Waals surface area contributed by atoms with Gasteiger partial charge in [0, 0.05) is 37.1 Å². The fourth-order valence-electron chi connectivity index (χ4n) is 3.43. The topological polar surface area (TPSA) is 43.7 Å². The molecular formula is C30H22BNO2S. The fourth-order valence-corrected chi connectivity index (χ4v) is 4.36. The molecule has 0 unspecified atom stereocenters. The molecule has 5 heteroatoms. The van der Waals surface area contributed by atoms with Crippen LogP contribution in [0.5, 0.6) is 0 Å². The standard InChI is InChI=1S/C30H22BNO2S/c33-31(34)22-11-8-12-23(19-22)32(28-15-6-4-13-25(28)21-9-2-1-3-10-21)24-17-18-30-27(20-24)26-14-5-7-16-29(26)35-30/h1-20,33-34H/i1D,2D,3D,4D,5D,6D,7D,8D,9D,10D,11D,12D,13D,14D,15D,16D,18D,19D,20D. The van der Waals surface area contributed by atoms with Crippen molar-refractivity contribution in [3.63, 3.8) is 0 Å². The van der Waals surface area contributed by atoms with E-state index >= 15 is 0 Å². The molecule has 6 rings (SSSR count). The minimum Gasteiger partial charge on any atom is -0.423 e. The fraction of sp³-hybridized carbons (Fsp3) is 0. The third-order valence-corrected chi connectivity index (χ3v) is 5.96. The summed E-state index contributed by atoms with van der Waals surface area (Å²) in [5, 5.41) is 20.0. The Morgan fingerprint density at radius 2 is 1.40 bits per heavy atom. The number of hydrogen-bond donors (Lipinski definition) is 2. The highest BCUT2D eigenvalue weighted by Crippen LogP contribution is 2.43. The largest absolute Gasteiger partial charge is 0.488 e. The van der Waals surface area contributed by atoms with Crippen LogP contribution in [0.1, 0.15) is 26.0 Å². The zero-order valence-corrected chi connectivity index (χ0v) is 18.2. The number of fused-ring (bicyclic) bond motifs is 3. The van der Waals surface area contributed by atoms with Crippen LogP contribution < -0.4 is 10.4 Å². The van der Waals surface area contributed by atoms with Crippen LogP contribution in [0.25, 0.3) is 31.3 Å². The van der Waals surface area contributed by atoms with Gasteiger partial charge in [0.2, 0.25) is 0 Å². The summed E-state index contributed by atoms with van der Waals surface area (Å²) in [4.78, 5) is 0.608. The van der Waals surface area contributed by atoms with E-state index in [4.69, 9.17) is 24.7 Å². The van der Waals surface area contributed by atoms with Gasteiger partial charge in [-0.05, 0) is 53.3 Å². The molecule has 0 atom stereocenters. The maximum absolute atomic E-state index is 10.2. The summed E-state index contributed by atoms with van der Waals surface area (Å²) in [5.41, 5.74) is -4.96. The van der Waals surface area contributed by atoms with Crippen LogP contribution >= 0.6 is 11.3 Å². The zero-order valence-electron chi connectivity index (χ0n) is 36.4. The molecule has 1 aromatic heterocycles. The van der Waals surface area contributed by atoms with Crippen molar-refractivity contribution in [1.82, 2.24) is 0 Å². The predicted molar refractivity (Wildman–Crippen MR) is 149 cm³/mol. The molecule has 6 aromatic rings. The van der Waals surface area contributed by atoms with Crippen LogP contribution in [-0.2, 0) is 0 Å². The van der Waals surface area contributed by atoms with Crippen LogP contribution in [-0.4, -0.2) is 17.2 Å². The Morgan fingerprint density at radius 1 is 0.657 bits per heavy atom. The second-order valence-corrected chi connectivity index (χ2v) is 8.02. The highest BCUT2D eigenvalue weighted by molar-refractivity contribution is 7.25. The molecule has 0 aliphatic rings. The second kappa shape index (κ2) is 9.04. The number of anilines is 3. The Hall–Kier alpha value is -3.90. The van der Waals surface area contributed by atoms with Crippen LogP contribution in [0.15, 0.2) is 121 Å². The lowest BCUT2D eigenvalue weighted by molar-refractivity contribution is 0.426. The van der Waals surface area contributed by atoms with E-state index in [1.807, 2.05) is 0 Å². The first-order chi connectivity index (χ1) is 25.1. The molecule has 168 valence electrons. The summed E-state index contributed by atoms with van der Waals surface area (Å²) >= 11 is 0.751. The predicted octanol–water partition coefficient (Wildman–Crippen LogP) is 6.87.